The van der Waals surface area contributed by atoms with Crippen LogP contribution in [0.25, 0.3) is 6.08 Å². The lowest BCUT2D eigenvalue weighted by molar-refractivity contribution is -0.119. The van der Waals surface area contributed by atoms with Crippen molar-refractivity contribution in [2.24, 2.45) is 11.7 Å². The van der Waals surface area contributed by atoms with Crippen LogP contribution >= 0.6 is 12.4 Å². The van der Waals surface area contributed by atoms with Crippen molar-refractivity contribution in [3.8, 4) is 11.5 Å². The van der Waals surface area contributed by atoms with Gasteiger partial charge in [-0.3, -0.25) is 4.79 Å². The summed E-state index contributed by atoms with van der Waals surface area (Å²) in [4.78, 5) is 12.6. The maximum Gasteiger partial charge on any atom is 0.250 e. The first-order valence-corrected chi connectivity index (χ1v) is 8.24. The Labute approximate surface area is 149 Å². The zero-order chi connectivity index (χ0) is 16.2. The third-order valence-corrected chi connectivity index (χ3v) is 4.75. The number of ether oxygens (including phenoxy) is 2. The van der Waals surface area contributed by atoms with Crippen LogP contribution in [0, 0.1) is 5.92 Å². The lowest BCUT2D eigenvalue weighted by atomic mass is 9.84. The van der Waals surface area contributed by atoms with E-state index >= 15 is 0 Å². The molecular weight excluding hydrogens is 328 g/mol. The highest BCUT2D eigenvalue weighted by Gasteiger charge is 2.27. The van der Waals surface area contributed by atoms with Crippen LogP contribution in [0.2, 0.25) is 0 Å². The van der Waals surface area contributed by atoms with E-state index in [-0.39, 0.29) is 31.0 Å². The van der Waals surface area contributed by atoms with Crippen molar-refractivity contribution in [2.75, 3.05) is 20.3 Å². The number of amides is 1. The Morgan fingerprint density at radius 1 is 1.38 bits per heavy atom. The first kappa shape index (κ1) is 18.6. The number of hydrogen-bond donors (Lipinski definition) is 2. The van der Waals surface area contributed by atoms with E-state index in [9.17, 15) is 4.79 Å². The number of hydrogen-bond acceptors (Lipinski definition) is 4. The number of nitrogens with one attached hydrogen (secondary N) is 1. The summed E-state index contributed by atoms with van der Waals surface area (Å²) in [6.07, 6.45) is 6.34. The monoisotopic (exact) mass is 352 g/mol. The predicted molar refractivity (Wildman–Crippen MR) is 96.7 cm³/mol. The molecular formula is C18H25ClN2O3. The quantitative estimate of drug-likeness (QED) is 0.873. The molecule has 132 valence electrons. The molecule has 3 N–H and O–H groups in total. The Balaban J connectivity index is 0.00000208. The topological polar surface area (TPSA) is 73.6 Å². The number of methoxy groups -OCH3 is 1. The Hall–Kier alpha value is -1.72. The van der Waals surface area contributed by atoms with Crippen LogP contribution in [0.4, 0.5) is 0 Å². The van der Waals surface area contributed by atoms with E-state index < -0.39 is 0 Å². The molecule has 1 aliphatic carbocycles. The number of carbonyl (C=O) groups excluding carboxylic acids is 1. The van der Waals surface area contributed by atoms with E-state index in [1.165, 1.54) is 6.42 Å². The number of carbonyl (C=O) groups is 1. The third kappa shape index (κ3) is 3.84. The van der Waals surface area contributed by atoms with Crippen LogP contribution in [0.3, 0.4) is 0 Å². The molecule has 24 heavy (non-hydrogen) atoms. The van der Waals surface area contributed by atoms with E-state index in [4.69, 9.17) is 15.2 Å². The smallest absolute Gasteiger partial charge is 0.250 e. The maximum atomic E-state index is 12.6. The molecule has 2 aliphatic rings. The summed E-state index contributed by atoms with van der Waals surface area (Å²) in [5.74, 6) is 1.71. The fraction of sp³-hybridized carbons (Fsp3) is 0.500. The van der Waals surface area contributed by atoms with Crippen LogP contribution in [-0.4, -0.2) is 32.2 Å². The van der Waals surface area contributed by atoms with Crippen molar-refractivity contribution in [1.82, 2.24) is 5.32 Å². The highest BCUT2D eigenvalue weighted by molar-refractivity contribution is 5.99. The standard InChI is InChI=1S/C18H24N2O3.ClH/c1-22-16-8-4-6-12-9-14(11-23-17(12)16)18(21)20-15-7-3-2-5-13(15)10-19;/h4,6,8-9,13,15H,2-3,5,7,10-11,19H2,1H3,(H,20,21);1H. The molecule has 1 fully saturated rings. The highest BCUT2D eigenvalue weighted by Crippen LogP contribution is 2.35. The molecule has 0 aromatic heterocycles. The van der Waals surface area contributed by atoms with Crippen LogP contribution < -0.4 is 20.5 Å². The minimum Gasteiger partial charge on any atom is -0.493 e. The van der Waals surface area contributed by atoms with Crippen LogP contribution in [0.5, 0.6) is 11.5 Å². The third-order valence-electron chi connectivity index (χ3n) is 4.75. The van der Waals surface area contributed by atoms with Gasteiger partial charge in [0.1, 0.15) is 6.61 Å². The van der Waals surface area contributed by atoms with Crippen molar-refractivity contribution in [3.63, 3.8) is 0 Å². The molecule has 1 saturated carbocycles. The Morgan fingerprint density at radius 2 is 2.17 bits per heavy atom. The van der Waals surface area contributed by atoms with Gasteiger partial charge in [0.15, 0.2) is 11.5 Å². The predicted octanol–water partition coefficient (Wildman–Crippen LogP) is 2.53. The maximum absolute atomic E-state index is 12.6. The van der Waals surface area contributed by atoms with Crippen LogP contribution in [0.15, 0.2) is 23.8 Å². The number of halogens is 1. The van der Waals surface area contributed by atoms with Gasteiger partial charge >= 0.3 is 0 Å². The van der Waals surface area contributed by atoms with Gasteiger partial charge in [-0.2, -0.15) is 0 Å². The summed E-state index contributed by atoms with van der Waals surface area (Å²) in [5, 5.41) is 3.15. The molecule has 6 heteroatoms. The van der Waals surface area contributed by atoms with E-state index in [0.717, 1.165) is 24.8 Å². The Kier molecular flexibility index (Phi) is 6.52. The molecule has 1 aliphatic heterocycles. The van der Waals surface area contributed by atoms with Crippen molar-refractivity contribution in [2.45, 2.75) is 31.7 Å². The molecule has 0 spiro atoms. The molecule has 1 aromatic carbocycles. The zero-order valence-electron chi connectivity index (χ0n) is 13.9. The second kappa shape index (κ2) is 8.40. The van der Waals surface area contributed by atoms with Crippen molar-refractivity contribution < 1.29 is 14.3 Å². The van der Waals surface area contributed by atoms with E-state index in [0.29, 0.717) is 29.5 Å². The number of rotatable bonds is 4. The molecule has 1 aromatic rings. The van der Waals surface area contributed by atoms with Crippen molar-refractivity contribution in [1.29, 1.82) is 0 Å². The molecule has 0 bridgehead atoms. The fourth-order valence-electron chi connectivity index (χ4n) is 3.41. The minimum absolute atomic E-state index is 0. The SMILES string of the molecule is COc1cccc2c1OCC(C(=O)NC1CCCCC1CN)=C2.Cl. The van der Waals surface area contributed by atoms with E-state index in [1.54, 1.807) is 7.11 Å². The molecule has 1 heterocycles. The fourth-order valence-corrected chi connectivity index (χ4v) is 3.41. The summed E-state index contributed by atoms with van der Waals surface area (Å²) in [5.41, 5.74) is 7.36. The number of benzene rings is 1. The molecule has 2 unspecified atom stereocenters. The normalized spacial score (nSPS) is 22.3. The van der Waals surface area contributed by atoms with Gasteiger partial charge in [-0.15, -0.1) is 12.4 Å². The average Bonchev–Trinajstić information content (AvgIpc) is 2.61. The van der Waals surface area contributed by atoms with Gasteiger partial charge in [-0.1, -0.05) is 25.0 Å². The lowest BCUT2D eigenvalue weighted by Crippen LogP contribution is -2.45. The summed E-state index contributed by atoms with van der Waals surface area (Å²) in [7, 11) is 1.61. The second-order valence-corrected chi connectivity index (χ2v) is 6.20. The van der Waals surface area contributed by atoms with Gasteiger partial charge < -0.3 is 20.5 Å². The van der Waals surface area contributed by atoms with Crippen molar-refractivity contribution >= 4 is 24.4 Å². The molecule has 2 atom stereocenters. The van der Waals surface area contributed by atoms with E-state index in [1.807, 2.05) is 24.3 Å². The zero-order valence-corrected chi connectivity index (χ0v) is 14.7. The largest absolute Gasteiger partial charge is 0.493 e. The first-order chi connectivity index (χ1) is 11.2. The van der Waals surface area contributed by atoms with Gasteiger partial charge in [0.25, 0.3) is 5.91 Å². The Morgan fingerprint density at radius 3 is 2.92 bits per heavy atom. The second-order valence-electron chi connectivity index (χ2n) is 6.20. The van der Waals surface area contributed by atoms with Crippen molar-refractivity contribution in [3.05, 3.63) is 29.3 Å². The van der Waals surface area contributed by atoms with Gasteiger partial charge in [0.2, 0.25) is 0 Å². The highest BCUT2D eigenvalue weighted by atomic mass is 35.5. The molecule has 5 nitrogen and oxygen atoms in total. The Bertz CT molecular complexity index is 618. The van der Waals surface area contributed by atoms with Crippen LogP contribution in [-0.2, 0) is 4.79 Å². The molecule has 0 radical (unpaired) electrons. The van der Waals surface area contributed by atoms with Crippen LogP contribution in [0.1, 0.15) is 31.2 Å². The first-order valence-electron chi connectivity index (χ1n) is 8.24. The van der Waals surface area contributed by atoms with Gasteiger partial charge in [-0.25, -0.2) is 0 Å². The summed E-state index contributed by atoms with van der Waals surface area (Å²) in [6.45, 7) is 0.889. The molecule has 0 saturated heterocycles. The van der Waals surface area contributed by atoms with Gasteiger partial charge in [-0.05, 0) is 37.4 Å². The van der Waals surface area contributed by atoms with E-state index in [2.05, 4.69) is 5.32 Å². The summed E-state index contributed by atoms with van der Waals surface area (Å²) in [6, 6.07) is 5.84. The minimum atomic E-state index is -0.0520. The average molecular weight is 353 g/mol. The summed E-state index contributed by atoms with van der Waals surface area (Å²) < 4.78 is 11.0. The number of para-hydroxylation sites is 1. The number of fused-ring (bicyclic) bond motifs is 1. The molecule has 3 rings (SSSR count). The van der Waals surface area contributed by atoms with Gasteiger partial charge in [0.05, 0.1) is 12.7 Å². The lowest BCUT2D eigenvalue weighted by Gasteiger charge is -2.32. The molecule has 1 amide bonds. The number of nitrogens with two attached hydrogens (primary N) is 1. The van der Waals surface area contributed by atoms with Gasteiger partial charge in [0, 0.05) is 11.6 Å². The summed E-state index contributed by atoms with van der Waals surface area (Å²) >= 11 is 0.